The van der Waals surface area contributed by atoms with Crippen LogP contribution in [0.25, 0.3) is 11.0 Å². The van der Waals surface area contributed by atoms with Gasteiger partial charge in [0.05, 0.1) is 12.0 Å². The number of ether oxygens (including phenoxy) is 1. The van der Waals surface area contributed by atoms with Crippen molar-refractivity contribution < 1.29 is 9.53 Å². The van der Waals surface area contributed by atoms with Gasteiger partial charge >= 0.3 is 5.97 Å². The van der Waals surface area contributed by atoms with Crippen LogP contribution in [-0.4, -0.2) is 22.5 Å². The van der Waals surface area contributed by atoms with Crippen LogP contribution in [-0.2, 0) is 11.2 Å². The highest BCUT2D eigenvalue weighted by Gasteiger charge is 2.14. The third-order valence-corrected chi connectivity index (χ3v) is 2.65. The highest BCUT2D eigenvalue weighted by atomic mass is 16.5. The number of esters is 1. The summed E-state index contributed by atoms with van der Waals surface area (Å²) in [5.74, 6) is -0.611. The second-order valence-electron chi connectivity index (χ2n) is 3.80. The van der Waals surface area contributed by atoms with E-state index in [-0.39, 0.29) is 17.6 Å². The van der Waals surface area contributed by atoms with Crippen molar-refractivity contribution >= 4 is 17.0 Å². The molecule has 18 heavy (non-hydrogen) atoms. The highest BCUT2D eigenvalue weighted by molar-refractivity contribution is 5.92. The summed E-state index contributed by atoms with van der Waals surface area (Å²) in [4.78, 5) is 30.8. The number of aromatic amines is 1. The molecule has 2 aromatic heterocycles. The lowest BCUT2D eigenvalue weighted by molar-refractivity contribution is 0.0524. The summed E-state index contributed by atoms with van der Waals surface area (Å²) in [5, 5.41) is 0.401. The number of aryl methyl sites for hydroxylation is 1. The van der Waals surface area contributed by atoms with Gasteiger partial charge in [-0.25, -0.2) is 9.78 Å². The first-order chi connectivity index (χ1) is 8.67. The fourth-order valence-electron chi connectivity index (χ4n) is 1.70. The first-order valence-electron chi connectivity index (χ1n) is 5.85. The summed E-state index contributed by atoms with van der Waals surface area (Å²) in [7, 11) is 0. The zero-order valence-electron chi connectivity index (χ0n) is 10.3. The molecule has 94 valence electrons. The number of aromatic nitrogens is 2. The number of hydrogen-bond donors (Lipinski definition) is 1. The molecule has 0 saturated carbocycles. The Labute approximate surface area is 104 Å². The molecular weight excluding hydrogens is 232 g/mol. The highest BCUT2D eigenvalue weighted by Crippen LogP contribution is 2.08. The van der Waals surface area contributed by atoms with Crippen LogP contribution in [0.5, 0.6) is 0 Å². The molecule has 0 unspecified atom stereocenters. The lowest BCUT2D eigenvalue weighted by Crippen LogP contribution is -2.18. The summed E-state index contributed by atoms with van der Waals surface area (Å²) < 4.78 is 4.82. The van der Waals surface area contributed by atoms with E-state index in [0.29, 0.717) is 11.0 Å². The molecule has 0 saturated heterocycles. The number of rotatable bonds is 3. The Hall–Kier alpha value is -2.17. The zero-order chi connectivity index (χ0) is 13.1. The monoisotopic (exact) mass is 246 g/mol. The van der Waals surface area contributed by atoms with Gasteiger partial charge < -0.3 is 9.72 Å². The van der Waals surface area contributed by atoms with Gasteiger partial charge in [-0.15, -0.1) is 0 Å². The molecule has 0 atom stereocenters. The van der Waals surface area contributed by atoms with Crippen molar-refractivity contribution in [2.45, 2.75) is 20.3 Å². The molecule has 5 heteroatoms. The van der Waals surface area contributed by atoms with Crippen molar-refractivity contribution in [1.29, 1.82) is 0 Å². The maximum atomic E-state index is 12.1. The van der Waals surface area contributed by atoms with Crippen LogP contribution < -0.4 is 5.43 Å². The molecule has 0 aliphatic carbocycles. The zero-order valence-corrected chi connectivity index (χ0v) is 10.3. The van der Waals surface area contributed by atoms with E-state index in [4.69, 9.17) is 4.74 Å². The summed E-state index contributed by atoms with van der Waals surface area (Å²) in [6.07, 6.45) is 2.15. The number of fused-ring (bicyclic) bond motifs is 1. The van der Waals surface area contributed by atoms with E-state index < -0.39 is 5.97 Å². The molecule has 5 nitrogen and oxygen atoms in total. The summed E-state index contributed by atoms with van der Waals surface area (Å²) in [6.45, 7) is 3.92. The van der Waals surface area contributed by atoms with Gasteiger partial charge in [-0.3, -0.25) is 4.79 Å². The molecule has 0 amide bonds. The van der Waals surface area contributed by atoms with E-state index in [9.17, 15) is 9.59 Å². The quantitative estimate of drug-likeness (QED) is 0.836. The van der Waals surface area contributed by atoms with Gasteiger partial charge in [0.1, 0.15) is 11.2 Å². The Kier molecular flexibility index (Phi) is 3.41. The maximum absolute atomic E-state index is 12.1. The average molecular weight is 246 g/mol. The van der Waals surface area contributed by atoms with E-state index in [1.165, 1.54) is 6.20 Å². The normalized spacial score (nSPS) is 10.6. The Balaban J connectivity index is 2.58. The maximum Gasteiger partial charge on any atom is 0.343 e. The van der Waals surface area contributed by atoms with Crippen LogP contribution in [0.1, 0.15) is 29.9 Å². The molecular formula is C13H14N2O3. The number of nitrogens with zero attached hydrogens (tertiary/aromatic N) is 1. The second kappa shape index (κ2) is 5.00. The van der Waals surface area contributed by atoms with Crippen molar-refractivity contribution in [3.8, 4) is 0 Å². The van der Waals surface area contributed by atoms with Gasteiger partial charge in [-0.2, -0.15) is 0 Å². The number of pyridine rings is 2. The first kappa shape index (κ1) is 12.3. The SMILES string of the molecule is CCOC(=O)c1c[nH]c2nc(CC)ccc2c1=O. The number of H-pyrrole nitrogens is 1. The molecule has 2 rings (SSSR count). The lowest BCUT2D eigenvalue weighted by Gasteiger charge is -2.03. The molecule has 0 radical (unpaired) electrons. The van der Waals surface area contributed by atoms with Crippen molar-refractivity contribution in [3.05, 3.63) is 39.8 Å². The van der Waals surface area contributed by atoms with E-state index in [0.717, 1.165) is 12.1 Å². The predicted molar refractivity (Wildman–Crippen MR) is 67.7 cm³/mol. The smallest absolute Gasteiger partial charge is 0.343 e. The number of carbonyl (C=O) groups excluding carboxylic acids is 1. The number of hydrogen-bond acceptors (Lipinski definition) is 4. The first-order valence-corrected chi connectivity index (χ1v) is 5.85. The minimum Gasteiger partial charge on any atom is -0.462 e. The summed E-state index contributed by atoms with van der Waals surface area (Å²) in [5.41, 5.74) is 1.04. The Bertz CT molecular complexity index is 646. The molecule has 0 aromatic carbocycles. The molecule has 2 aromatic rings. The van der Waals surface area contributed by atoms with Gasteiger partial charge in [-0.1, -0.05) is 6.92 Å². The van der Waals surface area contributed by atoms with Gasteiger partial charge in [0.25, 0.3) is 0 Å². The summed E-state index contributed by atoms with van der Waals surface area (Å²) in [6, 6.07) is 3.47. The Morgan fingerprint density at radius 1 is 1.39 bits per heavy atom. The van der Waals surface area contributed by atoms with Gasteiger partial charge in [-0.05, 0) is 25.5 Å². The van der Waals surface area contributed by atoms with E-state index in [1.807, 2.05) is 6.92 Å². The predicted octanol–water partition coefficient (Wildman–Crippen LogP) is 1.66. The lowest BCUT2D eigenvalue weighted by atomic mass is 10.2. The van der Waals surface area contributed by atoms with Gasteiger partial charge in [0.2, 0.25) is 5.43 Å². The van der Waals surface area contributed by atoms with Crippen LogP contribution in [0.4, 0.5) is 0 Å². The van der Waals surface area contributed by atoms with Crippen molar-refractivity contribution in [2.75, 3.05) is 6.61 Å². The fourth-order valence-corrected chi connectivity index (χ4v) is 1.70. The van der Waals surface area contributed by atoms with E-state index >= 15 is 0 Å². The third kappa shape index (κ3) is 2.11. The van der Waals surface area contributed by atoms with Crippen LogP contribution in [0.2, 0.25) is 0 Å². The number of nitrogens with one attached hydrogen (secondary N) is 1. The van der Waals surface area contributed by atoms with Crippen molar-refractivity contribution in [1.82, 2.24) is 9.97 Å². The molecule has 1 N–H and O–H groups in total. The van der Waals surface area contributed by atoms with Gasteiger partial charge in [0, 0.05) is 11.9 Å². The Morgan fingerprint density at radius 3 is 2.83 bits per heavy atom. The van der Waals surface area contributed by atoms with E-state index in [1.54, 1.807) is 19.1 Å². The minimum atomic E-state index is -0.611. The molecule has 2 heterocycles. The van der Waals surface area contributed by atoms with Crippen LogP contribution in [0.15, 0.2) is 23.1 Å². The standard InChI is InChI=1S/C13H14N2O3/c1-3-8-5-6-9-11(16)10(13(17)18-4-2)7-14-12(9)15-8/h5-7H,3-4H2,1-2H3,(H,14,15,16). The fraction of sp³-hybridized carbons (Fsp3) is 0.308. The minimum absolute atomic E-state index is 0.00963. The summed E-state index contributed by atoms with van der Waals surface area (Å²) >= 11 is 0. The third-order valence-electron chi connectivity index (χ3n) is 2.65. The molecule has 0 aliphatic rings. The topological polar surface area (TPSA) is 72.1 Å². The van der Waals surface area contributed by atoms with Crippen LogP contribution in [0, 0.1) is 0 Å². The van der Waals surface area contributed by atoms with Crippen molar-refractivity contribution in [3.63, 3.8) is 0 Å². The van der Waals surface area contributed by atoms with Gasteiger partial charge in [0.15, 0.2) is 0 Å². The molecule has 0 spiro atoms. The second-order valence-corrected chi connectivity index (χ2v) is 3.80. The molecule has 0 fully saturated rings. The number of carbonyl (C=O) groups is 1. The van der Waals surface area contributed by atoms with Crippen LogP contribution in [0.3, 0.4) is 0 Å². The molecule has 0 bridgehead atoms. The van der Waals surface area contributed by atoms with E-state index in [2.05, 4.69) is 9.97 Å². The van der Waals surface area contributed by atoms with Crippen molar-refractivity contribution in [2.24, 2.45) is 0 Å². The Morgan fingerprint density at radius 2 is 2.17 bits per heavy atom. The average Bonchev–Trinajstić information content (AvgIpc) is 2.38. The van der Waals surface area contributed by atoms with Crippen LogP contribution >= 0.6 is 0 Å². The largest absolute Gasteiger partial charge is 0.462 e. The molecule has 0 aliphatic heterocycles.